The molecule has 1 unspecified atom stereocenters. The number of hydrogen-bond donors (Lipinski definition) is 0. The molecule has 0 aliphatic heterocycles. The van der Waals surface area contributed by atoms with Crippen LogP contribution in [0, 0.1) is 0 Å². The van der Waals surface area contributed by atoms with E-state index in [4.69, 9.17) is 0 Å². The van der Waals surface area contributed by atoms with Crippen molar-refractivity contribution in [3.8, 4) is 0 Å². The van der Waals surface area contributed by atoms with Gasteiger partial charge < -0.3 is 0 Å². The summed E-state index contributed by atoms with van der Waals surface area (Å²) >= 11 is 5.15. The molecule has 1 aromatic carbocycles. The van der Waals surface area contributed by atoms with Crippen LogP contribution in [0.2, 0.25) is 0 Å². The lowest BCUT2D eigenvalue weighted by molar-refractivity contribution is -0.137. The maximum atomic E-state index is 12.4. The van der Waals surface area contributed by atoms with Gasteiger partial charge in [0, 0.05) is 4.83 Å². The van der Waals surface area contributed by atoms with Crippen molar-refractivity contribution in [2.75, 3.05) is 0 Å². The Kier molecular flexibility index (Phi) is 4.12. The van der Waals surface area contributed by atoms with Crippen molar-refractivity contribution in [2.24, 2.45) is 0 Å². The monoisotopic (exact) mass is 334 g/mol. The van der Waals surface area contributed by atoms with Crippen molar-refractivity contribution in [3.63, 3.8) is 0 Å². The summed E-state index contributed by atoms with van der Waals surface area (Å²) < 4.78 is 37.2. The minimum Gasteiger partial charge on any atom is -0.166 e. The molecule has 0 radical (unpaired) electrons. The molecule has 1 atom stereocenters. The van der Waals surface area contributed by atoms with E-state index in [1.165, 1.54) is 12.1 Å². The van der Waals surface area contributed by atoms with E-state index in [0.717, 1.165) is 23.3 Å². The van der Waals surface area contributed by atoms with Crippen LogP contribution in [0.25, 0.3) is 0 Å². The lowest BCUT2D eigenvalue weighted by Crippen LogP contribution is -2.04. The molecule has 0 fully saturated rings. The highest BCUT2D eigenvalue weighted by atomic mass is 79.9. The summed E-state index contributed by atoms with van der Waals surface area (Å²) in [6.45, 7) is 0. The van der Waals surface area contributed by atoms with Crippen molar-refractivity contribution in [2.45, 2.75) is 17.4 Å². The summed E-state index contributed by atoms with van der Waals surface area (Å²) in [6, 6.07) is 7.33. The Morgan fingerprint density at radius 3 is 2.28 bits per heavy atom. The third kappa shape index (κ3) is 3.36. The second-order valence-corrected chi connectivity index (χ2v) is 5.81. The van der Waals surface area contributed by atoms with E-state index in [2.05, 4.69) is 15.9 Å². The Morgan fingerprint density at radius 1 is 1.11 bits per heavy atom. The molecule has 0 saturated heterocycles. The highest BCUT2D eigenvalue weighted by Crippen LogP contribution is 2.31. The van der Waals surface area contributed by atoms with E-state index < -0.39 is 11.7 Å². The lowest BCUT2D eigenvalue weighted by atomic mass is 10.0. The van der Waals surface area contributed by atoms with Gasteiger partial charge in [-0.3, -0.25) is 0 Å². The molecule has 0 nitrogen and oxygen atoms in total. The molecule has 1 aromatic heterocycles. The van der Waals surface area contributed by atoms with Crippen LogP contribution in [0.15, 0.2) is 41.1 Å². The molecule has 0 bridgehead atoms. The average Bonchev–Trinajstić information content (AvgIpc) is 2.82. The standard InChI is InChI=1S/C13H10BrF3S/c14-12(10-5-6-18-8-10)7-9-1-3-11(4-2-9)13(15,16)17/h1-6,8,12H,7H2. The van der Waals surface area contributed by atoms with Gasteiger partial charge in [-0.1, -0.05) is 28.1 Å². The average molecular weight is 335 g/mol. The van der Waals surface area contributed by atoms with Crippen LogP contribution in [0.4, 0.5) is 13.2 Å². The zero-order chi connectivity index (χ0) is 13.2. The Balaban J connectivity index is 2.07. The molecule has 2 rings (SSSR count). The topological polar surface area (TPSA) is 0 Å². The largest absolute Gasteiger partial charge is 0.416 e. The van der Waals surface area contributed by atoms with Gasteiger partial charge in [0.1, 0.15) is 0 Å². The van der Waals surface area contributed by atoms with E-state index in [1.807, 2.05) is 16.8 Å². The van der Waals surface area contributed by atoms with E-state index in [0.29, 0.717) is 6.42 Å². The summed E-state index contributed by atoms with van der Waals surface area (Å²) in [5.74, 6) is 0. The predicted molar refractivity (Wildman–Crippen MR) is 71.1 cm³/mol. The number of rotatable bonds is 3. The van der Waals surface area contributed by atoms with Gasteiger partial charge in [0.2, 0.25) is 0 Å². The van der Waals surface area contributed by atoms with Crippen LogP contribution in [0.5, 0.6) is 0 Å². The number of benzene rings is 1. The van der Waals surface area contributed by atoms with Crippen LogP contribution in [-0.2, 0) is 12.6 Å². The quantitative estimate of drug-likeness (QED) is 0.655. The lowest BCUT2D eigenvalue weighted by Gasteiger charge is -2.10. The van der Waals surface area contributed by atoms with E-state index in [-0.39, 0.29) is 4.83 Å². The molecule has 0 amide bonds. The van der Waals surface area contributed by atoms with Gasteiger partial charge in [-0.2, -0.15) is 24.5 Å². The zero-order valence-electron chi connectivity index (χ0n) is 9.25. The molecule has 18 heavy (non-hydrogen) atoms. The minimum atomic E-state index is -4.26. The fourth-order valence-corrected chi connectivity index (χ4v) is 3.16. The highest BCUT2D eigenvalue weighted by molar-refractivity contribution is 9.09. The maximum absolute atomic E-state index is 12.4. The Labute approximate surface area is 116 Å². The molecular formula is C13H10BrF3S. The first-order valence-electron chi connectivity index (χ1n) is 5.29. The molecule has 0 spiro atoms. The molecule has 0 saturated carbocycles. The molecule has 96 valence electrons. The number of halogens is 4. The number of hydrogen-bond acceptors (Lipinski definition) is 1. The Morgan fingerprint density at radius 2 is 1.78 bits per heavy atom. The van der Waals surface area contributed by atoms with Gasteiger partial charge in [0.05, 0.1) is 5.56 Å². The van der Waals surface area contributed by atoms with E-state index >= 15 is 0 Å². The third-order valence-corrected chi connectivity index (χ3v) is 4.15. The second-order valence-electron chi connectivity index (χ2n) is 3.92. The van der Waals surface area contributed by atoms with E-state index in [9.17, 15) is 13.2 Å². The van der Waals surface area contributed by atoms with Crippen molar-refractivity contribution < 1.29 is 13.2 Å². The van der Waals surface area contributed by atoms with E-state index in [1.54, 1.807) is 11.3 Å². The summed E-state index contributed by atoms with van der Waals surface area (Å²) in [4.78, 5) is 0.139. The van der Waals surface area contributed by atoms with Crippen molar-refractivity contribution >= 4 is 27.3 Å². The van der Waals surface area contributed by atoms with Crippen LogP contribution in [-0.4, -0.2) is 0 Å². The molecular weight excluding hydrogens is 325 g/mol. The molecule has 0 N–H and O–H groups in total. The van der Waals surface area contributed by atoms with Gasteiger partial charge in [0.15, 0.2) is 0 Å². The van der Waals surface area contributed by atoms with Crippen molar-refractivity contribution in [1.29, 1.82) is 0 Å². The Bertz CT molecular complexity index is 488. The van der Waals surface area contributed by atoms with Gasteiger partial charge >= 0.3 is 6.18 Å². The van der Waals surface area contributed by atoms with Gasteiger partial charge in [0.25, 0.3) is 0 Å². The predicted octanol–water partition coefficient (Wildman–Crippen LogP) is 5.45. The fourth-order valence-electron chi connectivity index (χ4n) is 1.61. The Hall–Kier alpha value is -0.810. The zero-order valence-corrected chi connectivity index (χ0v) is 11.6. The first kappa shape index (κ1) is 13.6. The first-order valence-corrected chi connectivity index (χ1v) is 7.15. The van der Waals surface area contributed by atoms with Crippen molar-refractivity contribution in [1.82, 2.24) is 0 Å². The van der Waals surface area contributed by atoms with Crippen LogP contribution < -0.4 is 0 Å². The molecule has 1 heterocycles. The fraction of sp³-hybridized carbons (Fsp3) is 0.231. The van der Waals surface area contributed by atoms with Crippen LogP contribution in [0.1, 0.15) is 21.5 Å². The summed E-state index contributed by atoms with van der Waals surface area (Å²) in [5.41, 5.74) is 1.43. The van der Waals surface area contributed by atoms with Crippen molar-refractivity contribution in [3.05, 3.63) is 57.8 Å². The van der Waals surface area contributed by atoms with Gasteiger partial charge in [-0.05, 0) is 46.5 Å². The molecule has 0 aliphatic carbocycles. The van der Waals surface area contributed by atoms with Gasteiger partial charge in [-0.25, -0.2) is 0 Å². The van der Waals surface area contributed by atoms with Crippen LogP contribution in [0.3, 0.4) is 0 Å². The molecule has 5 heteroatoms. The maximum Gasteiger partial charge on any atom is 0.416 e. The minimum absolute atomic E-state index is 0.139. The smallest absolute Gasteiger partial charge is 0.166 e. The summed E-state index contributed by atoms with van der Waals surface area (Å²) in [6.07, 6.45) is -3.59. The number of alkyl halides is 4. The summed E-state index contributed by atoms with van der Waals surface area (Å²) in [7, 11) is 0. The van der Waals surface area contributed by atoms with Gasteiger partial charge in [-0.15, -0.1) is 0 Å². The number of thiophene rings is 1. The first-order chi connectivity index (χ1) is 8.47. The summed E-state index contributed by atoms with van der Waals surface area (Å²) in [5, 5.41) is 4.01. The third-order valence-electron chi connectivity index (χ3n) is 2.60. The molecule has 0 aliphatic rings. The normalized spacial score (nSPS) is 13.6. The second kappa shape index (κ2) is 5.45. The highest BCUT2D eigenvalue weighted by Gasteiger charge is 2.29. The SMILES string of the molecule is FC(F)(F)c1ccc(CC(Br)c2ccsc2)cc1. The van der Waals surface area contributed by atoms with Crippen LogP contribution >= 0.6 is 27.3 Å². The molecule has 2 aromatic rings.